The van der Waals surface area contributed by atoms with Crippen molar-refractivity contribution in [2.45, 2.75) is 31.3 Å². The van der Waals surface area contributed by atoms with Gasteiger partial charge in [-0.2, -0.15) is 0 Å². The summed E-state index contributed by atoms with van der Waals surface area (Å²) in [7, 11) is 0. The average molecular weight is 247 g/mol. The second kappa shape index (κ2) is 4.90. The van der Waals surface area contributed by atoms with Gasteiger partial charge in [0.1, 0.15) is 5.88 Å². The average Bonchev–Trinajstić information content (AvgIpc) is 2.76. The minimum Gasteiger partial charge on any atom is -0.378 e. The molecule has 0 radical (unpaired) electrons. The Bertz CT molecular complexity index is 275. The van der Waals surface area contributed by atoms with Crippen molar-refractivity contribution in [3.05, 3.63) is 0 Å². The fraction of sp³-hybridized carbons (Fsp3) is 0.909. The van der Waals surface area contributed by atoms with Crippen molar-refractivity contribution in [2.75, 3.05) is 32.2 Å². The Kier molecular flexibility index (Phi) is 3.72. The summed E-state index contributed by atoms with van der Waals surface area (Å²) < 4.78 is 5.64. The summed E-state index contributed by atoms with van der Waals surface area (Å²) in [5, 5.41) is 2.86. The molecule has 2 aliphatic rings. The molecule has 5 heteroatoms. The SMILES string of the molecule is C[C@@]1(CNC(=O)CCl)COC[C@@H]2CCCN21. The monoisotopic (exact) mass is 246 g/mol. The second-order valence-electron chi connectivity index (χ2n) is 4.91. The van der Waals surface area contributed by atoms with Crippen LogP contribution >= 0.6 is 11.6 Å². The normalized spacial score (nSPS) is 34.8. The minimum absolute atomic E-state index is 0.0281. The Morgan fingerprint density at radius 3 is 3.25 bits per heavy atom. The number of hydrogen-bond acceptors (Lipinski definition) is 3. The van der Waals surface area contributed by atoms with E-state index in [1.165, 1.54) is 12.8 Å². The third kappa shape index (κ3) is 2.34. The fourth-order valence-corrected chi connectivity index (χ4v) is 2.80. The van der Waals surface area contributed by atoms with Gasteiger partial charge < -0.3 is 10.1 Å². The van der Waals surface area contributed by atoms with Gasteiger partial charge in [-0.25, -0.2) is 0 Å². The molecule has 0 bridgehead atoms. The minimum atomic E-state index is -0.107. The Hall–Kier alpha value is -0.320. The first kappa shape index (κ1) is 12.1. The number of carbonyl (C=O) groups is 1. The van der Waals surface area contributed by atoms with Gasteiger partial charge in [-0.15, -0.1) is 11.6 Å². The van der Waals surface area contributed by atoms with E-state index in [1.54, 1.807) is 0 Å². The first-order chi connectivity index (χ1) is 7.65. The van der Waals surface area contributed by atoms with Crippen LogP contribution in [0.5, 0.6) is 0 Å². The molecular weight excluding hydrogens is 228 g/mol. The van der Waals surface area contributed by atoms with Crippen LogP contribution in [0.4, 0.5) is 0 Å². The Labute approximate surface area is 101 Å². The molecule has 1 amide bonds. The van der Waals surface area contributed by atoms with E-state index in [0.29, 0.717) is 19.2 Å². The van der Waals surface area contributed by atoms with Crippen LogP contribution in [0, 0.1) is 0 Å². The van der Waals surface area contributed by atoms with Gasteiger partial charge in [0.25, 0.3) is 0 Å². The van der Waals surface area contributed by atoms with Crippen LogP contribution in [0.25, 0.3) is 0 Å². The number of rotatable bonds is 3. The zero-order valence-corrected chi connectivity index (χ0v) is 10.4. The van der Waals surface area contributed by atoms with E-state index in [9.17, 15) is 4.79 Å². The quantitative estimate of drug-likeness (QED) is 0.742. The molecule has 16 heavy (non-hydrogen) atoms. The molecule has 2 atom stereocenters. The summed E-state index contributed by atoms with van der Waals surface area (Å²) in [5.41, 5.74) is -0.0683. The van der Waals surface area contributed by atoms with E-state index in [2.05, 4.69) is 17.1 Å². The van der Waals surface area contributed by atoms with Crippen molar-refractivity contribution < 1.29 is 9.53 Å². The molecule has 2 aliphatic heterocycles. The van der Waals surface area contributed by atoms with E-state index < -0.39 is 0 Å². The highest BCUT2D eigenvalue weighted by Gasteiger charge is 2.42. The summed E-state index contributed by atoms with van der Waals surface area (Å²) in [4.78, 5) is 13.7. The molecule has 92 valence electrons. The van der Waals surface area contributed by atoms with Gasteiger partial charge in [0, 0.05) is 12.6 Å². The molecule has 0 unspecified atom stereocenters. The lowest BCUT2D eigenvalue weighted by atomic mass is 9.97. The number of hydrogen-bond donors (Lipinski definition) is 1. The molecular formula is C11H19ClN2O2. The number of fused-ring (bicyclic) bond motifs is 1. The highest BCUT2D eigenvalue weighted by Crippen LogP contribution is 2.30. The third-order valence-electron chi connectivity index (χ3n) is 3.58. The number of amides is 1. The van der Waals surface area contributed by atoms with Crippen LogP contribution in [0.2, 0.25) is 0 Å². The summed E-state index contributed by atoms with van der Waals surface area (Å²) in [6, 6.07) is 0.534. The largest absolute Gasteiger partial charge is 0.378 e. The van der Waals surface area contributed by atoms with Crippen LogP contribution in [0.1, 0.15) is 19.8 Å². The van der Waals surface area contributed by atoms with E-state index in [4.69, 9.17) is 16.3 Å². The molecule has 2 fully saturated rings. The molecule has 2 saturated heterocycles. The summed E-state index contributed by atoms with van der Waals surface area (Å²) in [5.74, 6) is -0.0791. The second-order valence-corrected chi connectivity index (χ2v) is 5.18. The van der Waals surface area contributed by atoms with Gasteiger partial charge in [0.15, 0.2) is 0 Å². The van der Waals surface area contributed by atoms with E-state index in [-0.39, 0.29) is 17.3 Å². The standard InChI is InChI=1S/C11H19ClN2O2/c1-11(7-13-10(15)5-12)8-16-6-9-3-2-4-14(9)11/h9H,2-8H2,1H3,(H,13,15)/t9-,11+/m0/s1. The smallest absolute Gasteiger partial charge is 0.234 e. The molecule has 0 saturated carbocycles. The number of nitrogens with one attached hydrogen (secondary N) is 1. The maximum absolute atomic E-state index is 11.2. The number of ether oxygens (including phenoxy) is 1. The van der Waals surface area contributed by atoms with E-state index in [1.807, 2.05) is 0 Å². The number of halogens is 1. The molecule has 0 aromatic carbocycles. The van der Waals surface area contributed by atoms with Gasteiger partial charge >= 0.3 is 0 Å². The summed E-state index contributed by atoms with van der Waals surface area (Å²) in [6.45, 7) is 5.40. The van der Waals surface area contributed by atoms with Gasteiger partial charge in [-0.3, -0.25) is 9.69 Å². The Morgan fingerprint density at radius 2 is 2.50 bits per heavy atom. The van der Waals surface area contributed by atoms with Crippen molar-refractivity contribution in [1.82, 2.24) is 10.2 Å². The predicted molar refractivity (Wildman–Crippen MR) is 62.7 cm³/mol. The van der Waals surface area contributed by atoms with E-state index >= 15 is 0 Å². The van der Waals surface area contributed by atoms with Gasteiger partial charge in [-0.1, -0.05) is 0 Å². The van der Waals surface area contributed by atoms with Crippen LogP contribution in [0.15, 0.2) is 0 Å². The summed E-state index contributed by atoms with van der Waals surface area (Å²) >= 11 is 5.47. The molecule has 0 aliphatic carbocycles. The number of nitrogens with zero attached hydrogens (tertiary/aromatic N) is 1. The maximum Gasteiger partial charge on any atom is 0.234 e. The van der Waals surface area contributed by atoms with Crippen LogP contribution < -0.4 is 5.32 Å². The zero-order valence-electron chi connectivity index (χ0n) is 9.67. The number of morpholine rings is 1. The van der Waals surface area contributed by atoms with Crippen molar-refractivity contribution in [3.63, 3.8) is 0 Å². The van der Waals surface area contributed by atoms with Crippen molar-refractivity contribution in [2.24, 2.45) is 0 Å². The third-order valence-corrected chi connectivity index (χ3v) is 3.82. The maximum atomic E-state index is 11.2. The number of carbonyl (C=O) groups excluding carboxylic acids is 1. The highest BCUT2D eigenvalue weighted by molar-refractivity contribution is 6.27. The van der Waals surface area contributed by atoms with Crippen molar-refractivity contribution in [1.29, 1.82) is 0 Å². The van der Waals surface area contributed by atoms with Gasteiger partial charge in [0.05, 0.1) is 18.8 Å². The Balaban J connectivity index is 1.96. The molecule has 0 aromatic heterocycles. The van der Waals surface area contributed by atoms with Crippen LogP contribution in [0.3, 0.4) is 0 Å². The lowest BCUT2D eigenvalue weighted by molar-refractivity contribution is -0.121. The van der Waals surface area contributed by atoms with Crippen LogP contribution in [-0.2, 0) is 9.53 Å². The van der Waals surface area contributed by atoms with Gasteiger partial charge in [0.2, 0.25) is 5.91 Å². The van der Waals surface area contributed by atoms with Gasteiger partial charge in [-0.05, 0) is 26.3 Å². The topological polar surface area (TPSA) is 41.6 Å². The highest BCUT2D eigenvalue weighted by atomic mass is 35.5. The number of alkyl halides is 1. The van der Waals surface area contributed by atoms with Crippen molar-refractivity contribution >= 4 is 17.5 Å². The molecule has 0 aromatic rings. The summed E-state index contributed by atoms with van der Waals surface area (Å²) in [6.07, 6.45) is 2.44. The first-order valence-corrected chi connectivity index (χ1v) is 6.36. The van der Waals surface area contributed by atoms with Crippen molar-refractivity contribution in [3.8, 4) is 0 Å². The Morgan fingerprint density at radius 1 is 1.69 bits per heavy atom. The first-order valence-electron chi connectivity index (χ1n) is 5.83. The zero-order chi connectivity index (χ0) is 11.6. The molecule has 1 N–H and O–H groups in total. The van der Waals surface area contributed by atoms with E-state index in [0.717, 1.165) is 13.2 Å². The molecule has 0 spiro atoms. The fourth-order valence-electron chi connectivity index (χ4n) is 2.71. The molecule has 2 heterocycles. The molecule has 4 nitrogen and oxygen atoms in total. The lowest BCUT2D eigenvalue weighted by Crippen LogP contribution is -2.62. The van der Waals surface area contributed by atoms with Crippen LogP contribution in [-0.4, -0.2) is 54.6 Å². The lowest BCUT2D eigenvalue weighted by Gasteiger charge is -2.46. The predicted octanol–water partition coefficient (Wildman–Crippen LogP) is 0.595. The molecule has 2 rings (SSSR count).